The summed E-state index contributed by atoms with van der Waals surface area (Å²) in [6.45, 7) is 0.403. The van der Waals surface area contributed by atoms with E-state index in [0.29, 0.717) is 17.0 Å². The fourth-order valence-corrected chi connectivity index (χ4v) is 1.72. The van der Waals surface area contributed by atoms with Crippen LogP contribution in [0.2, 0.25) is 0 Å². The Kier molecular flexibility index (Phi) is 4.83. The van der Waals surface area contributed by atoms with Crippen LogP contribution < -0.4 is 15.8 Å². The van der Waals surface area contributed by atoms with Crippen LogP contribution in [0.25, 0.3) is 0 Å². The van der Waals surface area contributed by atoms with E-state index in [2.05, 4.69) is 15.6 Å². The van der Waals surface area contributed by atoms with Crippen molar-refractivity contribution in [2.75, 3.05) is 13.7 Å². The summed E-state index contributed by atoms with van der Waals surface area (Å²) in [7, 11) is 1.48. The van der Waals surface area contributed by atoms with E-state index in [4.69, 9.17) is 10.5 Å². The van der Waals surface area contributed by atoms with Crippen LogP contribution >= 0.6 is 0 Å². The SMILES string of the molecule is COc1ccc(Cn2cc(CNC(=O)CN)nn2)c(F)c1. The number of hydrogen-bond acceptors (Lipinski definition) is 5. The minimum atomic E-state index is -0.372. The van der Waals surface area contributed by atoms with Gasteiger partial charge < -0.3 is 15.8 Å². The zero-order valence-electron chi connectivity index (χ0n) is 11.5. The van der Waals surface area contributed by atoms with Crippen molar-refractivity contribution in [3.05, 3.63) is 41.5 Å². The van der Waals surface area contributed by atoms with Crippen molar-refractivity contribution in [3.8, 4) is 5.75 Å². The van der Waals surface area contributed by atoms with E-state index in [9.17, 15) is 9.18 Å². The first-order chi connectivity index (χ1) is 10.1. The van der Waals surface area contributed by atoms with Gasteiger partial charge in [-0.05, 0) is 6.07 Å². The number of rotatable bonds is 6. The second kappa shape index (κ2) is 6.80. The Bertz CT molecular complexity index is 629. The van der Waals surface area contributed by atoms with Gasteiger partial charge in [0.25, 0.3) is 0 Å². The molecule has 112 valence electrons. The average molecular weight is 293 g/mol. The zero-order valence-corrected chi connectivity index (χ0v) is 11.5. The van der Waals surface area contributed by atoms with Crippen LogP contribution in [0.15, 0.2) is 24.4 Å². The normalized spacial score (nSPS) is 10.4. The first-order valence-electron chi connectivity index (χ1n) is 6.30. The molecule has 0 saturated carbocycles. The largest absolute Gasteiger partial charge is 0.497 e. The molecule has 1 amide bonds. The number of carbonyl (C=O) groups excluding carboxylic acids is 1. The lowest BCUT2D eigenvalue weighted by molar-refractivity contribution is -0.119. The maximum absolute atomic E-state index is 13.8. The van der Waals surface area contributed by atoms with Gasteiger partial charge in [0.2, 0.25) is 5.91 Å². The van der Waals surface area contributed by atoms with E-state index in [0.717, 1.165) is 0 Å². The third-order valence-corrected chi connectivity index (χ3v) is 2.83. The van der Waals surface area contributed by atoms with E-state index < -0.39 is 0 Å². The first-order valence-corrected chi connectivity index (χ1v) is 6.30. The van der Waals surface area contributed by atoms with Crippen molar-refractivity contribution in [1.82, 2.24) is 20.3 Å². The Hall–Kier alpha value is -2.48. The van der Waals surface area contributed by atoms with Crippen LogP contribution in [0, 0.1) is 5.82 Å². The van der Waals surface area contributed by atoms with Crippen LogP contribution in [-0.4, -0.2) is 34.6 Å². The fourth-order valence-electron chi connectivity index (χ4n) is 1.72. The van der Waals surface area contributed by atoms with Crippen molar-refractivity contribution < 1.29 is 13.9 Å². The van der Waals surface area contributed by atoms with Gasteiger partial charge in [0.15, 0.2) is 0 Å². The third kappa shape index (κ3) is 3.99. The second-order valence-corrected chi connectivity index (χ2v) is 4.35. The van der Waals surface area contributed by atoms with Crippen LogP contribution in [0.1, 0.15) is 11.3 Å². The smallest absolute Gasteiger partial charge is 0.234 e. The molecule has 1 heterocycles. The molecule has 0 fully saturated rings. The molecular formula is C13H16FN5O2. The summed E-state index contributed by atoms with van der Waals surface area (Å²) >= 11 is 0. The van der Waals surface area contributed by atoms with Crippen LogP contribution in [0.5, 0.6) is 5.75 Å². The highest BCUT2D eigenvalue weighted by atomic mass is 19.1. The highest BCUT2D eigenvalue weighted by molar-refractivity contribution is 5.77. The van der Waals surface area contributed by atoms with Gasteiger partial charge in [0, 0.05) is 11.6 Å². The molecule has 2 aromatic rings. The molecule has 0 unspecified atom stereocenters. The monoisotopic (exact) mass is 293 g/mol. The molecule has 21 heavy (non-hydrogen) atoms. The number of methoxy groups -OCH3 is 1. The topological polar surface area (TPSA) is 95.1 Å². The quantitative estimate of drug-likeness (QED) is 0.784. The van der Waals surface area contributed by atoms with Crippen molar-refractivity contribution in [2.45, 2.75) is 13.1 Å². The van der Waals surface area contributed by atoms with Crippen molar-refractivity contribution in [2.24, 2.45) is 5.73 Å². The van der Waals surface area contributed by atoms with Gasteiger partial charge in [-0.15, -0.1) is 5.10 Å². The van der Waals surface area contributed by atoms with Crippen LogP contribution in [0.4, 0.5) is 4.39 Å². The van der Waals surface area contributed by atoms with Crippen molar-refractivity contribution in [3.63, 3.8) is 0 Å². The van der Waals surface area contributed by atoms with Crippen molar-refractivity contribution in [1.29, 1.82) is 0 Å². The standard InChI is InChI=1S/C13H16FN5O2/c1-21-11-3-2-9(12(14)4-11)7-19-8-10(17-18-19)6-16-13(20)5-15/h2-4,8H,5-7,15H2,1H3,(H,16,20). The van der Waals surface area contributed by atoms with E-state index in [1.807, 2.05) is 0 Å². The molecule has 0 bridgehead atoms. The van der Waals surface area contributed by atoms with Crippen molar-refractivity contribution >= 4 is 5.91 Å². The Morgan fingerprint density at radius 3 is 3.00 bits per heavy atom. The van der Waals surface area contributed by atoms with Gasteiger partial charge in [-0.2, -0.15) is 0 Å². The lowest BCUT2D eigenvalue weighted by Crippen LogP contribution is -2.29. The molecule has 2 rings (SSSR count). The molecule has 0 aliphatic carbocycles. The van der Waals surface area contributed by atoms with E-state index >= 15 is 0 Å². The molecule has 8 heteroatoms. The van der Waals surface area contributed by atoms with E-state index in [1.54, 1.807) is 18.3 Å². The molecule has 0 radical (unpaired) electrons. The predicted octanol–water partition coefficient (Wildman–Crippen LogP) is 0.0490. The Morgan fingerprint density at radius 2 is 2.33 bits per heavy atom. The summed E-state index contributed by atoms with van der Waals surface area (Å²) in [5.74, 6) is -0.186. The summed E-state index contributed by atoms with van der Waals surface area (Å²) < 4.78 is 20.3. The molecule has 3 N–H and O–H groups in total. The molecule has 7 nitrogen and oxygen atoms in total. The summed E-state index contributed by atoms with van der Waals surface area (Å²) in [5, 5.41) is 10.4. The number of nitrogens with zero attached hydrogens (tertiary/aromatic N) is 3. The lowest BCUT2D eigenvalue weighted by atomic mass is 10.2. The minimum Gasteiger partial charge on any atom is -0.497 e. The second-order valence-electron chi connectivity index (χ2n) is 4.35. The van der Waals surface area contributed by atoms with Crippen LogP contribution in [-0.2, 0) is 17.9 Å². The third-order valence-electron chi connectivity index (χ3n) is 2.83. The highest BCUT2D eigenvalue weighted by Crippen LogP contribution is 2.16. The van der Waals surface area contributed by atoms with Gasteiger partial charge in [0.05, 0.1) is 32.9 Å². The molecular weight excluding hydrogens is 277 g/mol. The molecule has 0 atom stereocenters. The van der Waals surface area contributed by atoms with Crippen LogP contribution in [0.3, 0.4) is 0 Å². The molecule has 0 aliphatic rings. The highest BCUT2D eigenvalue weighted by Gasteiger charge is 2.07. The van der Waals surface area contributed by atoms with Gasteiger partial charge in [-0.3, -0.25) is 4.79 Å². The Balaban J connectivity index is 2.00. The van der Waals surface area contributed by atoms with Gasteiger partial charge in [-0.25, -0.2) is 9.07 Å². The molecule has 0 saturated heterocycles. The van der Waals surface area contributed by atoms with E-state index in [-0.39, 0.29) is 31.4 Å². The number of hydrogen-bond donors (Lipinski definition) is 2. The molecule has 1 aromatic carbocycles. The summed E-state index contributed by atoms with van der Waals surface area (Å²) in [4.78, 5) is 11.0. The van der Waals surface area contributed by atoms with Gasteiger partial charge >= 0.3 is 0 Å². The number of ether oxygens (including phenoxy) is 1. The molecule has 1 aromatic heterocycles. The fraction of sp³-hybridized carbons (Fsp3) is 0.308. The number of amides is 1. The minimum absolute atomic E-state index is 0.0782. The summed E-state index contributed by atoms with van der Waals surface area (Å²) in [5.41, 5.74) is 6.22. The lowest BCUT2D eigenvalue weighted by Gasteiger charge is -2.05. The molecule has 0 aliphatic heterocycles. The summed E-state index contributed by atoms with van der Waals surface area (Å²) in [6, 6.07) is 4.62. The van der Waals surface area contributed by atoms with Gasteiger partial charge in [-0.1, -0.05) is 11.3 Å². The average Bonchev–Trinajstić information content (AvgIpc) is 2.94. The summed E-state index contributed by atoms with van der Waals surface area (Å²) in [6.07, 6.45) is 1.64. The Morgan fingerprint density at radius 1 is 1.52 bits per heavy atom. The number of halogens is 1. The number of nitrogens with one attached hydrogen (secondary N) is 1. The van der Waals surface area contributed by atoms with E-state index in [1.165, 1.54) is 17.9 Å². The number of aromatic nitrogens is 3. The maximum atomic E-state index is 13.8. The maximum Gasteiger partial charge on any atom is 0.234 e. The first kappa shape index (κ1) is 14.9. The number of carbonyl (C=O) groups is 1. The molecule has 0 spiro atoms. The number of benzene rings is 1. The van der Waals surface area contributed by atoms with Gasteiger partial charge in [0.1, 0.15) is 17.3 Å². The number of nitrogens with two attached hydrogens (primary N) is 1. The Labute approximate surface area is 120 Å². The predicted molar refractivity (Wildman–Crippen MR) is 73.0 cm³/mol. The zero-order chi connectivity index (χ0) is 15.2.